The molecule has 1 aromatic heterocycles. The summed E-state index contributed by atoms with van der Waals surface area (Å²) in [7, 11) is 0. The molecule has 2 amide bonds. The van der Waals surface area contributed by atoms with Gasteiger partial charge in [-0.1, -0.05) is 78.9 Å². The lowest BCUT2D eigenvalue weighted by molar-refractivity contribution is -0.158. The van der Waals surface area contributed by atoms with Crippen molar-refractivity contribution in [2.45, 2.75) is 24.9 Å². The van der Waals surface area contributed by atoms with Crippen molar-refractivity contribution in [3.63, 3.8) is 0 Å². The number of H-pyrrole nitrogens is 1. The van der Waals surface area contributed by atoms with Gasteiger partial charge in [-0.05, 0) is 29.2 Å². The van der Waals surface area contributed by atoms with Crippen LogP contribution in [0.2, 0.25) is 0 Å². The van der Waals surface area contributed by atoms with Crippen LogP contribution in [0.15, 0.2) is 84.9 Å². The minimum Gasteiger partial charge on any atom is -0.356 e. The second-order valence-corrected chi connectivity index (χ2v) is 8.89. The molecule has 2 atom stereocenters. The van der Waals surface area contributed by atoms with E-state index < -0.39 is 6.04 Å². The fourth-order valence-electron chi connectivity index (χ4n) is 5.40. The van der Waals surface area contributed by atoms with Gasteiger partial charge in [0, 0.05) is 29.6 Å². The Labute approximate surface area is 192 Å². The zero-order chi connectivity index (χ0) is 22.4. The Morgan fingerprint density at radius 3 is 2.33 bits per heavy atom. The van der Waals surface area contributed by atoms with E-state index in [1.807, 2.05) is 65.6 Å². The average molecular weight is 436 g/mol. The highest BCUT2D eigenvalue weighted by molar-refractivity contribution is 5.97. The maximum absolute atomic E-state index is 13.7. The molecule has 0 bridgehead atoms. The number of nitrogens with one attached hydrogen (secondary N) is 1. The molecule has 1 N–H and O–H groups in total. The van der Waals surface area contributed by atoms with Crippen LogP contribution in [0.4, 0.5) is 0 Å². The van der Waals surface area contributed by atoms with Crippen molar-refractivity contribution < 1.29 is 9.59 Å². The molecule has 2 aliphatic rings. The van der Waals surface area contributed by atoms with E-state index in [9.17, 15) is 9.59 Å². The van der Waals surface area contributed by atoms with Crippen LogP contribution >= 0.6 is 0 Å². The number of piperazine rings is 1. The number of aromatic amines is 1. The molecule has 0 saturated carbocycles. The zero-order valence-electron chi connectivity index (χ0n) is 18.3. The number of aromatic nitrogens is 1. The third-order valence-corrected chi connectivity index (χ3v) is 6.97. The maximum atomic E-state index is 13.7. The minimum absolute atomic E-state index is 0.00539. The summed E-state index contributed by atoms with van der Waals surface area (Å²) in [6.07, 6.45) is 1.28. The summed E-state index contributed by atoms with van der Waals surface area (Å²) in [6, 6.07) is 27.6. The average Bonchev–Trinajstić information content (AvgIpc) is 3.23. The molecular formula is C28H25N3O2. The lowest BCUT2D eigenvalue weighted by Crippen LogP contribution is -2.63. The number of benzene rings is 3. The van der Waals surface area contributed by atoms with Gasteiger partial charge >= 0.3 is 0 Å². The van der Waals surface area contributed by atoms with E-state index in [0.29, 0.717) is 13.0 Å². The number of para-hydroxylation sites is 1. The van der Waals surface area contributed by atoms with Crippen LogP contribution < -0.4 is 0 Å². The summed E-state index contributed by atoms with van der Waals surface area (Å²) in [6.45, 7) is 0.677. The van der Waals surface area contributed by atoms with Gasteiger partial charge in [-0.3, -0.25) is 9.59 Å². The summed E-state index contributed by atoms with van der Waals surface area (Å²) >= 11 is 0. The molecule has 0 aliphatic carbocycles. The zero-order valence-corrected chi connectivity index (χ0v) is 18.3. The van der Waals surface area contributed by atoms with Crippen molar-refractivity contribution in [2.75, 3.05) is 13.1 Å². The Bertz CT molecular complexity index is 1330. The summed E-state index contributed by atoms with van der Waals surface area (Å²) in [4.78, 5) is 34.4. The first-order valence-corrected chi connectivity index (χ1v) is 11.5. The lowest BCUT2D eigenvalue weighted by atomic mass is 9.86. The normalized spacial score (nSPS) is 20.1. The molecule has 2 aliphatic heterocycles. The molecule has 4 aromatic rings. The quantitative estimate of drug-likeness (QED) is 0.525. The van der Waals surface area contributed by atoms with Crippen molar-refractivity contribution in [3.05, 3.63) is 107 Å². The highest BCUT2D eigenvalue weighted by Gasteiger charge is 2.47. The summed E-state index contributed by atoms with van der Waals surface area (Å²) < 4.78 is 0. The number of carbonyl (C=O) groups excluding carboxylic acids is 2. The molecule has 3 heterocycles. The monoisotopic (exact) mass is 435 g/mol. The Morgan fingerprint density at radius 2 is 1.55 bits per heavy atom. The highest BCUT2D eigenvalue weighted by Crippen LogP contribution is 2.42. The van der Waals surface area contributed by atoms with Crippen LogP contribution in [0.5, 0.6) is 0 Å². The third-order valence-electron chi connectivity index (χ3n) is 6.97. The topological polar surface area (TPSA) is 56.4 Å². The van der Waals surface area contributed by atoms with Crippen molar-refractivity contribution in [1.29, 1.82) is 0 Å². The van der Waals surface area contributed by atoms with Gasteiger partial charge < -0.3 is 14.8 Å². The Hall–Kier alpha value is -3.86. The molecule has 1 unspecified atom stereocenters. The molecule has 0 spiro atoms. The molecule has 6 rings (SSSR count). The lowest BCUT2D eigenvalue weighted by Gasteiger charge is -2.47. The van der Waals surface area contributed by atoms with Gasteiger partial charge in [-0.25, -0.2) is 0 Å². The van der Waals surface area contributed by atoms with E-state index in [2.05, 4.69) is 29.2 Å². The SMILES string of the molecule is O=C1[C@@H]2Cc3c([nH]c4ccccc34)C(c3ccccc3)N2C(=O)CN1CCc1ccccc1. The molecule has 0 radical (unpaired) electrons. The van der Waals surface area contributed by atoms with Gasteiger partial charge in [0.05, 0.1) is 12.6 Å². The number of carbonyl (C=O) groups is 2. The van der Waals surface area contributed by atoms with Crippen LogP contribution in [0.3, 0.4) is 0 Å². The van der Waals surface area contributed by atoms with Gasteiger partial charge in [-0.2, -0.15) is 0 Å². The van der Waals surface area contributed by atoms with E-state index >= 15 is 0 Å². The van der Waals surface area contributed by atoms with Crippen LogP contribution in [-0.2, 0) is 22.4 Å². The van der Waals surface area contributed by atoms with E-state index in [1.54, 1.807) is 4.90 Å². The first-order valence-electron chi connectivity index (χ1n) is 11.5. The molecule has 3 aromatic carbocycles. The molecule has 164 valence electrons. The van der Waals surface area contributed by atoms with Gasteiger partial charge in [0.15, 0.2) is 0 Å². The van der Waals surface area contributed by atoms with E-state index in [4.69, 9.17) is 0 Å². The van der Waals surface area contributed by atoms with Crippen LogP contribution in [-0.4, -0.2) is 45.7 Å². The smallest absolute Gasteiger partial charge is 0.246 e. The van der Waals surface area contributed by atoms with Crippen LogP contribution in [0.25, 0.3) is 10.9 Å². The Kier molecular flexibility index (Phi) is 4.75. The highest BCUT2D eigenvalue weighted by atomic mass is 16.2. The minimum atomic E-state index is -0.487. The predicted molar refractivity (Wildman–Crippen MR) is 128 cm³/mol. The number of nitrogens with zero attached hydrogens (tertiary/aromatic N) is 2. The summed E-state index contributed by atoms with van der Waals surface area (Å²) in [5.41, 5.74) is 5.41. The first-order chi connectivity index (χ1) is 16.2. The van der Waals surface area contributed by atoms with Crippen molar-refractivity contribution in [2.24, 2.45) is 0 Å². The van der Waals surface area contributed by atoms with Gasteiger partial charge in [0.25, 0.3) is 0 Å². The third kappa shape index (κ3) is 3.32. The van der Waals surface area contributed by atoms with Crippen LogP contribution in [0, 0.1) is 0 Å². The molecule has 33 heavy (non-hydrogen) atoms. The van der Waals surface area contributed by atoms with Crippen molar-refractivity contribution in [3.8, 4) is 0 Å². The Morgan fingerprint density at radius 1 is 0.848 bits per heavy atom. The number of hydrogen-bond acceptors (Lipinski definition) is 2. The van der Waals surface area contributed by atoms with Crippen molar-refractivity contribution >= 4 is 22.7 Å². The first kappa shape index (κ1) is 19.8. The van der Waals surface area contributed by atoms with Crippen LogP contribution in [0.1, 0.15) is 28.4 Å². The van der Waals surface area contributed by atoms with Gasteiger partial charge in [-0.15, -0.1) is 0 Å². The fourth-order valence-corrected chi connectivity index (χ4v) is 5.40. The van der Waals surface area contributed by atoms with E-state index in [1.165, 1.54) is 5.56 Å². The number of fused-ring (bicyclic) bond motifs is 4. The molecular weight excluding hydrogens is 410 g/mol. The van der Waals surface area contributed by atoms with Gasteiger partial charge in [0.1, 0.15) is 6.04 Å². The largest absolute Gasteiger partial charge is 0.356 e. The van der Waals surface area contributed by atoms with Gasteiger partial charge in [0.2, 0.25) is 11.8 Å². The molecule has 5 nitrogen and oxygen atoms in total. The second-order valence-electron chi connectivity index (χ2n) is 8.89. The fraction of sp³-hybridized carbons (Fsp3) is 0.214. The Balaban J connectivity index is 1.40. The standard InChI is InChI=1S/C28H25N3O2/c32-25-18-30(16-15-19-9-3-1-4-10-19)28(33)24-17-22-21-13-7-8-14-23(21)29-26(22)27(31(24)25)20-11-5-2-6-12-20/h1-14,24,27,29H,15-18H2/t24-,27?/m0/s1. The molecule has 1 saturated heterocycles. The summed E-state index contributed by atoms with van der Waals surface area (Å²) in [5.74, 6) is 0.0493. The predicted octanol–water partition coefficient (Wildman–Crippen LogP) is 4.10. The second kappa shape index (κ2) is 7.93. The summed E-state index contributed by atoms with van der Waals surface area (Å²) in [5, 5.41) is 1.13. The number of hydrogen-bond donors (Lipinski definition) is 1. The molecule has 5 heteroatoms. The van der Waals surface area contributed by atoms with Crippen molar-refractivity contribution in [1.82, 2.24) is 14.8 Å². The number of amides is 2. The molecule has 1 fully saturated rings. The van der Waals surface area contributed by atoms with E-state index in [-0.39, 0.29) is 24.4 Å². The number of rotatable bonds is 4. The van der Waals surface area contributed by atoms with E-state index in [0.717, 1.165) is 34.1 Å². The maximum Gasteiger partial charge on any atom is 0.246 e.